The van der Waals surface area contributed by atoms with Crippen LogP contribution in [0.25, 0.3) is 10.9 Å². The van der Waals surface area contributed by atoms with Gasteiger partial charge in [-0.25, -0.2) is 0 Å². The van der Waals surface area contributed by atoms with Crippen molar-refractivity contribution in [3.05, 3.63) is 28.9 Å². The van der Waals surface area contributed by atoms with Crippen LogP contribution in [0.3, 0.4) is 0 Å². The summed E-state index contributed by atoms with van der Waals surface area (Å²) in [6.45, 7) is 6.44. The van der Waals surface area contributed by atoms with Crippen molar-refractivity contribution in [2.24, 2.45) is 11.3 Å². The van der Waals surface area contributed by atoms with Gasteiger partial charge < -0.3 is 25.7 Å². The summed E-state index contributed by atoms with van der Waals surface area (Å²) in [5, 5.41) is 18.8. The summed E-state index contributed by atoms with van der Waals surface area (Å²) in [7, 11) is 1.50. The molecule has 1 aromatic heterocycles. The van der Waals surface area contributed by atoms with Crippen molar-refractivity contribution in [3.8, 4) is 11.8 Å². The first-order valence-corrected chi connectivity index (χ1v) is 11.5. The van der Waals surface area contributed by atoms with E-state index in [9.17, 15) is 19.6 Å². The van der Waals surface area contributed by atoms with E-state index in [1.54, 1.807) is 18.2 Å². The molecule has 34 heavy (non-hydrogen) atoms. The molecule has 3 atom stereocenters. The Balaban J connectivity index is 1.77. The van der Waals surface area contributed by atoms with Gasteiger partial charge in [-0.2, -0.15) is 5.26 Å². The van der Waals surface area contributed by atoms with Gasteiger partial charge in [0.05, 0.1) is 18.2 Å². The van der Waals surface area contributed by atoms with E-state index in [0.717, 1.165) is 0 Å². The zero-order valence-corrected chi connectivity index (χ0v) is 20.5. The molecule has 9 nitrogen and oxygen atoms in total. The second kappa shape index (κ2) is 10.3. The minimum absolute atomic E-state index is 0.108. The highest BCUT2D eigenvalue weighted by Gasteiger charge is 2.32. The zero-order valence-electron chi connectivity index (χ0n) is 19.8. The fourth-order valence-corrected chi connectivity index (χ4v) is 4.35. The summed E-state index contributed by atoms with van der Waals surface area (Å²) in [5.41, 5.74) is 0.643. The summed E-state index contributed by atoms with van der Waals surface area (Å²) in [6, 6.07) is 5.39. The summed E-state index contributed by atoms with van der Waals surface area (Å²) in [4.78, 5) is 41.1. The Hall–Kier alpha value is -3.25. The van der Waals surface area contributed by atoms with Crippen LogP contribution in [0.5, 0.6) is 5.75 Å². The van der Waals surface area contributed by atoms with Gasteiger partial charge in [-0.1, -0.05) is 32.4 Å². The number of carbonyl (C=O) groups excluding carboxylic acids is 3. The van der Waals surface area contributed by atoms with E-state index in [4.69, 9.17) is 16.3 Å². The van der Waals surface area contributed by atoms with Gasteiger partial charge in [0.1, 0.15) is 23.5 Å². The molecular formula is C24H30ClN5O4. The second-order valence-corrected chi connectivity index (χ2v) is 10.1. The predicted octanol–water partition coefficient (Wildman–Crippen LogP) is 2.90. The maximum Gasteiger partial charge on any atom is 0.268 e. The van der Waals surface area contributed by atoms with Crippen LogP contribution in [0.15, 0.2) is 18.2 Å². The van der Waals surface area contributed by atoms with E-state index in [1.807, 2.05) is 20.8 Å². The molecule has 1 saturated heterocycles. The number of methoxy groups -OCH3 is 1. The molecule has 2 heterocycles. The highest BCUT2D eigenvalue weighted by Crippen LogP contribution is 2.33. The molecule has 10 heteroatoms. The maximum atomic E-state index is 13.1. The van der Waals surface area contributed by atoms with Gasteiger partial charge in [0.2, 0.25) is 11.8 Å². The molecule has 0 bridgehead atoms. The van der Waals surface area contributed by atoms with Gasteiger partial charge in [0.15, 0.2) is 0 Å². The molecule has 1 aromatic carbocycles. The van der Waals surface area contributed by atoms with E-state index < -0.39 is 23.9 Å². The average Bonchev–Trinajstić information content (AvgIpc) is 3.37. The predicted molar refractivity (Wildman–Crippen MR) is 128 cm³/mol. The monoisotopic (exact) mass is 487 g/mol. The summed E-state index contributed by atoms with van der Waals surface area (Å²) in [6.07, 6.45) is 1.21. The Morgan fingerprint density at radius 1 is 1.32 bits per heavy atom. The van der Waals surface area contributed by atoms with Crippen molar-refractivity contribution in [1.82, 2.24) is 20.9 Å². The van der Waals surface area contributed by atoms with Crippen LogP contribution < -0.4 is 20.7 Å². The molecular weight excluding hydrogens is 458 g/mol. The third-order valence-corrected chi connectivity index (χ3v) is 6.05. The SMILES string of the molecule is COc1c(Cl)ccc2[nH]c(C(=O)NC(CC(C)(C)C)C(=O)NC(C#N)CC3CCNC3=O)cc12. The number of nitrogens with one attached hydrogen (secondary N) is 4. The Labute approximate surface area is 203 Å². The first-order chi connectivity index (χ1) is 16.0. The molecule has 3 rings (SSSR count). The van der Waals surface area contributed by atoms with Crippen molar-refractivity contribution < 1.29 is 19.1 Å². The van der Waals surface area contributed by atoms with Crippen molar-refractivity contribution in [1.29, 1.82) is 5.26 Å². The number of hydrogen-bond donors (Lipinski definition) is 4. The Morgan fingerprint density at radius 3 is 2.65 bits per heavy atom. The van der Waals surface area contributed by atoms with Gasteiger partial charge in [0.25, 0.3) is 5.91 Å². The van der Waals surface area contributed by atoms with Crippen molar-refractivity contribution in [2.45, 2.75) is 52.1 Å². The molecule has 3 amide bonds. The van der Waals surface area contributed by atoms with Crippen molar-refractivity contribution >= 4 is 40.2 Å². The Morgan fingerprint density at radius 2 is 2.06 bits per heavy atom. The third-order valence-electron chi connectivity index (χ3n) is 5.75. The molecule has 1 fully saturated rings. The van der Waals surface area contributed by atoms with E-state index in [1.165, 1.54) is 7.11 Å². The number of carbonyl (C=O) groups is 3. The molecule has 1 aliphatic heterocycles. The van der Waals surface area contributed by atoms with Crippen LogP contribution in [0.2, 0.25) is 5.02 Å². The molecule has 0 saturated carbocycles. The van der Waals surface area contributed by atoms with Crippen molar-refractivity contribution in [3.63, 3.8) is 0 Å². The number of benzene rings is 1. The van der Waals surface area contributed by atoms with Gasteiger partial charge in [0, 0.05) is 23.4 Å². The standard InChI is InChI=1S/C24H30ClN5O4/c1-24(2,3)11-19(23(33)28-14(12-26)9-13-7-8-27-21(13)31)30-22(32)18-10-15-17(29-18)6-5-16(25)20(15)34-4/h5-6,10,13-14,19,29H,7-9,11H2,1-4H3,(H,27,31)(H,28,33)(H,30,32). The number of rotatable bonds is 8. The van der Waals surface area contributed by atoms with E-state index in [0.29, 0.717) is 41.1 Å². The maximum absolute atomic E-state index is 13.1. The number of nitriles is 1. The van der Waals surface area contributed by atoms with Crippen LogP contribution in [-0.2, 0) is 9.59 Å². The summed E-state index contributed by atoms with van der Waals surface area (Å²) in [5.74, 6) is -0.907. The van der Waals surface area contributed by atoms with Gasteiger partial charge in [-0.15, -0.1) is 0 Å². The number of ether oxygens (including phenoxy) is 1. The van der Waals surface area contributed by atoms with E-state index >= 15 is 0 Å². The second-order valence-electron chi connectivity index (χ2n) is 9.72. The van der Waals surface area contributed by atoms with Crippen LogP contribution in [0, 0.1) is 22.7 Å². The number of amides is 3. The largest absolute Gasteiger partial charge is 0.494 e. The van der Waals surface area contributed by atoms with Crippen LogP contribution in [0.1, 0.15) is 50.5 Å². The molecule has 0 aliphatic carbocycles. The highest BCUT2D eigenvalue weighted by atomic mass is 35.5. The minimum Gasteiger partial charge on any atom is -0.494 e. The summed E-state index contributed by atoms with van der Waals surface area (Å²) < 4.78 is 5.35. The first-order valence-electron chi connectivity index (χ1n) is 11.2. The lowest BCUT2D eigenvalue weighted by atomic mass is 9.87. The zero-order chi connectivity index (χ0) is 25.0. The normalized spacial score (nSPS) is 17.5. The molecule has 0 spiro atoms. The molecule has 182 valence electrons. The fourth-order valence-electron chi connectivity index (χ4n) is 4.11. The molecule has 0 radical (unpaired) electrons. The molecule has 1 aliphatic rings. The quantitative estimate of drug-likeness (QED) is 0.454. The first kappa shape index (κ1) is 25.4. The lowest BCUT2D eigenvalue weighted by Gasteiger charge is -2.27. The van der Waals surface area contributed by atoms with Gasteiger partial charge >= 0.3 is 0 Å². The Bertz CT molecular complexity index is 1130. The average molecular weight is 488 g/mol. The van der Waals surface area contributed by atoms with E-state index in [-0.39, 0.29) is 29.4 Å². The lowest BCUT2D eigenvalue weighted by molar-refractivity contribution is -0.125. The number of H-pyrrole nitrogens is 1. The number of aromatic amines is 1. The highest BCUT2D eigenvalue weighted by molar-refractivity contribution is 6.33. The third kappa shape index (κ3) is 6.00. The molecule has 2 aromatic rings. The van der Waals surface area contributed by atoms with Gasteiger partial charge in [-0.05, 0) is 42.9 Å². The summed E-state index contributed by atoms with van der Waals surface area (Å²) >= 11 is 6.18. The van der Waals surface area contributed by atoms with Crippen LogP contribution in [0.4, 0.5) is 0 Å². The number of halogens is 1. The minimum atomic E-state index is -0.877. The number of aromatic nitrogens is 1. The lowest BCUT2D eigenvalue weighted by Crippen LogP contribution is -2.51. The number of fused-ring (bicyclic) bond motifs is 1. The molecule has 3 unspecified atom stereocenters. The topological polar surface area (TPSA) is 136 Å². The van der Waals surface area contributed by atoms with E-state index in [2.05, 4.69) is 27.0 Å². The smallest absolute Gasteiger partial charge is 0.268 e. The number of nitrogens with zero attached hydrogens (tertiary/aromatic N) is 1. The number of hydrogen-bond acceptors (Lipinski definition) is 5. The fraction of sp³-hybridized carbons (Fsp3) is 0.500. The molecule has 4 N–H and O–H groups in total. The van der Waals surface area contributed by atoms with Crippen LogP contribution >= 0.6 is 11.6 Å². The van der Waals surface area contributed by atoms with Gasteiger partial charge in [-0.3, -0.25) is 14.4 Å². The van der Waals surface area contributed by atoms with Crippen LogP contribution in [-0.4, -0.2) is 48.4 Å². The van der Waals surface area contributed by atoms with Crippen molar-refractivity contribution in [2.75, 3.05) is 13.7 Å². The Kier molecular flexibility index (Phi) is 7.72.